The fourth-order valence-corrected chi connectivity index (χ4v) is 7.56. The first kappa shape index (κ1) is 33.1. The van der Waals surface area contributed by atoms with E-state index in [0.29, 0.717) is 52.7 Å². The lowest BCUT2D eigenvalue weighted by Gasteiger charge is -2.34. The van der Waals surface area contributed by atoms with E-state index >= 15 is 4.39 Å². The van der Waals surface area contributed by atoms with Crippen molar-refractivity contribution in [1.29, 1.82) is 0 Å². The largest absolute Gasteiger partial charge is 0.490 e. The van der Waals surface area contributed by atoms with Gasteiger partial charge in [-0.25, -0.2) is 14.2 Å². The highest BCUT2D eigenvalue weighted by molar-refractivity contribution is 7.80. The minimum absolute atomic E-state index is 0.311. The number of carbonyl (C=O) groups excluding carboxylic acids is 1. The van der Waals surface area contributed by atoms with E-state index in [1.165, 1.54) is 18.7 Å². The van der Waals surface area contributed by atoms with Gasteiger partial charge >= 0.3 is 5.97 Å². The third-order valence-electron chi connectivity index (χ3n) is 9.53. The number of carbonyl (C=O) groups is 1. The maximum atomic E-state index is 15.8. The molecular formula is C38H44FN3O4S. The smallest absolute Gasteiger partial charge is 0.339 e. The molecule has 1 fully saturated rings. The first-order valence-corrected chi connectivity index (χ1v) is 16.8. The zero-order valence-corrected chi connectivity index (χ0v) is 29.2. The first-order valence-electron chi connectivity index (χ1n) is 16.4. The summed E-state index contributed by atoms with van der Waals surface area (Å²) >= 11 is 6.16. The number of thiocarbonyl (C=S) groups is 1. The number of hydrogen-bond donors (Lipinski definition) is 0. The molecule has 2 aromatic heterocycles. The van der Waals surface area contributed by atoms with Gasteiger partial charge in [-0.2, -0.15) is 0 Å². The van der Waals surface area contributed by atoms with Crippen molar-refractivity contribution < 1.29 is 23.4 Å². The fraction of sp³-hybridized carbons (Fsp3) is 0.447. The van der Waals surface area contributed by atoms with E-state index in [9.17, 15) is 4.79 Å². The first-order chi connectivity index (χ1) is 22.4. The van der Waals surface area contributed by atoms with E-state index < -0.39 is 23.5 Å². The number of benzene rings is 2. The third kappa shape index (κ3) is 6.27. The monoisotopic (exact) mass is 657 g/mol. The maximum absolute atomic E-state index is 15.8. The van der Waals surface area contributed by atoms with Crippen molar-refractivity contribution in [2.24, 2.45) is 7.05 Å². The SMILES string of the molecule is COC(=O)[C@@H](OC(C)(C)C)c1c(C)nc2c(cc(C(=S)N3CCC(c4ccccc4)CC3)n2C)c1-c1cc(F)c2c(c1C)CCCO2. The van der Waals surface area contributed by atoms with Crippen LogP contribution in [0.5, 0.6) is 5.75 Å². The molecule has 0 unspecified atom stereocenters. The van der Waals surface area contributed by atoms with Crippen LogP contribution in [-0.4, -0.2) is 57.8 Å². The van der Waals surface area contributed by atoms with Crippen LogP contribution in [0.2, 0.25) is 0 Å². The molecule has 1 saturated heterocycles. The molecule has 4 aromatic rings. The van der Waals surface area contributed by atoms with Crippen molar-refractivity contribution in [3.63, 3.8) is 0 Å². The number of fused-ring (bicyclic) bond motifs is 2. The van der Waals surface area contributed by atoms with Crippen LogP contribution in [0.3, 0.4) is 0 Å². The molecule has 7 nitrogen and oxygen atoms in total. The van der Waals surface area contributed by atoms with Gasteiger partial charge in [0.25, 0.3) is 0 Å². The van der Waals surface area contributed by atoms with E-state index in [4.69, 9.17) is 31.4 Å². The van der Waals surface area contributed by atoms with Crippen molar-refractivity contribution in [2.45, 2.75) is 77.9 Å². The second kappa shape index (κ2) is 13.0. The van der Waals surface area contributed by atoms with Gasteiger partial charge in [0.2, 0.25) is 0 Å². The quantitative estimate of drug-likeness (QED) is 0.154. The Morgan fingerprint density at radius 2 is 1.83 bits per heavy atom. The molecule has 2 aliphatic rings. The Labute approximate surface area is 282 Å². The highest BCUT2D eigenvalue weighted by atomic mass is 32.1. The maximum Gasteiger partial charge on any atom is 0.339 e. The molecule has 2 aromatic carbocycles. The number of piperidine rings is 1. The van der Waals surface area contributed by atoms with E-state index in [-0.39, 0.29) is 0 Å². The van der Waals surface area contributed by atoms with Crippen LogP contribution in [0.4, 0.5) is 4.39 Å². The normalized spacial score (nSPS) is 16.1. The predicted molar refractivity (Wildman–Crippen MR) is 187 cm³/mol. The number of likely N-dealkylation sites (tertiary alicyclic amines) is 1. The van der Waals surface area contributed by atoms with Crippen LogP contribution in [0.1, 0.15) is 85.7 Å². The van der Waals surface area contributed by atoms with Gasteiger partial charge in [-0.1, -0.05) is 42.5 Å². The Morgan fingerprint density at radius 1 is 1.13 bits per heavy atom. The Balaban J connectivity index is 1.52. The summed E-state index contributed by atoms with van der Waals surface area (Å²) in [7, 11) is 3.32. The molecule has 0 N–H and O–H groups in total. The minimum Gasteiger partial charge on any atom is -0.490 e. The molecule has 0 aliphatic carbocycles. The van der Waals surface area contributed by atoms with Gasteiger partial charge in [-0.3, -0.25) is 0 Å². The molecule has 0 radical (unpaired) electrons. The Hall–Kier alpha value is -3.82. The molecule has 0 spiro atoms. The van der Waals surface area contributed by atoms with Gasteiger partial charge < -0.3 is 23.7 Å². The number of esters is 1. The molecule has 2 aliphatic heterocycles. The molecule has 1 atom stereocenters. The zero-order valence-electron chi connectivity index (χ0n) is 28.4. The standard InChI is InChI=1S/C38H44FN3O4S/c1-22-26-14-11-19-45-33(26)29(39)20-27(22)32-28-21-30(36(47)42-17-15-25(16-18-42)24-12-9-8-10-13-24)41(6)35(28)40-23(2)31(32)34(37(43)44-7)46-38(3,4)5/h8-10,12-13,20-21,25,34H,11,14-19H2,1-7H3/t34-/m0/s1. The van der Waals surface area contributed by atoms with Gasteiger partial charge in [-0.05, 0) is 95.0 Å². The number of halogens is 1. The van der Waals surface area contributed by atoms with Crippen molar-refractivity contribution in [3.05, 3.63) is 81.9 Å². The van der Waals surface area contributed by atoms with Crippen molar-refractivity contribution in [3.8, 4) is 16.9 Å². The average molecular weight is 658 g/mol. The summed E-state index contributed by atoms with van der Waals surface area (Å²) < 4.78 is 35.3. The number of nitrogens with zero attached hydrogens (tertiary/aromatic N) is 3. The molecule has 248 valence electrons. The second-order valence-electron chi connectivity index (χ2n) is 13.7. The molecule has 9 heteroatoms. The van der Waals surface area contributed by atoms with Gasteiger partial charge in [0.05, 0.1) is 25.0 Å². The van der Waals surface area contributed by atoms with Gasteiger partial charge in [-0.15, -0.1) is 0 Å². The van der Waals surface area contributed by atoms with Gasteiger partial charge in [0.1, 0.15) is 10.6 Å². The van der Waals surface area contributed by atoms with E-state index in [2.05, 4.69) is 35.2 Å². The van der Waals surface area contributed by atoms with Crippen LogP contribution >= 0.6 is 12.2 Å². The van der Waals surface area contributed by atoms with E-state index in [1.807, 2.05) is 52.3 Å². The molecular weight excluding hydrogens is 614 g/mol. The van der Waals surface area contributed by atoms with Crippen LogP contribution in [0.15, 0.2) is 42.5 Å². The number of pyridine rings is 1. The Morgan fingerprint density at radius 3 is 2.49 bits per heavy atom. The van der Waals surface area contributed by atoms with Crippen LogP contribution in [0, 0.1) is 19.7 Å². The molecule has 4 heterocycles. The third-order valence-corrected chi connectivity index (χ3v) is 10.00. The fourth-order valence-electron chi connectivity index (χ4n) is 7.18. The predicted octanol–water partition coefficient (Wildman–Crippen LogP) is 7.91. The minimum atomic E-state index is -1.09. The average Bonchev–Trinajstić information content (AvgIpc) is 3.39. The molecule has 6 rings (SSSR count). The molecule has 0 saturated carbocycles. The summed E-state index contributed by atoms with van der Waals surface area (Å²) in [5.41, 5.74) is 6.53. The summed E-state index contributed by atoms with van der Waals surface area (Å²) in [5, 5.41) is 0.773. The van der Waals surface area contributed by atoms with Crippen molar-refractivity contribution in [1.82, 2.24) is 14.5 Å². The summed E-state index contributed by atoms with van der Waals surface area (Å²) in [6.45, 7) is 11.7. The van der Waals surface area contributed by atoms with Crippen LogP contribution in [0.25, 0.3) is 22.2 Å². The lowest BCUT2D eigenvalue weighted by atomic mass is 9.86. The lowest BCUT2D eigenvalue weighted by molar-refractivity contribution is -0.164. The van der Waals surface area contributed by atoms with E-state index in [0.717, 1.165) is 59.5 Å². The highest BCUT2D eigenvalue weighted by Gasteiger charge is 2.36. The van der Waals surface area contributed by atoms with Crippen LogP contribution in [-0.2, 0) is 27.7 Å². The lowest BCUT2D eigenvalue weighted by Crippen LogP contribution is -2.38. The summed E-state index contributed by atoms with van der Waals surface area (Å²) in [5.74, 6) is -0.151. The summed E-state index contributed by atoms with van der Waals surface area (Å²) in [6, 6.07) is 14.2. The summed E-state index contributed by atoms with van der Waals surface area (Å²) in [6.07, 6.45) is 2.45. The highest BCUT2D eigenvalue weighted by Crippen LogP contribution is 2.45. The molecule has 47 heavy (non-hydrogen) atoms. The molecule has 0 amide bonds. The summed E-state index contributed by atoms with van der Waals surface area (Å²) in [4.78, 5) is 21.5. The molecule has 0 bridgehead atoms. The van der Waals surface area contributed by atoms with Crippen LogP contribution < -0.4 is 4.74 Å². The van der Waals surface area contributed by atoms with Gasteiger partial charge in [0, 0.05) is 47.9 Å². The number of rotatable bonds is 6. The number of hydrogen-bond acceptors (Lipinski definition) is 6. The Kier molecular flexibility index (Phi) is 9.15. The topological polar surface area (TPSA) is 65.8 Å². The Bertz CT molecular complexity index is 1840. The number of aromatic nitrogens is 2. The van der Waals surface area contributed by atoms with E-state index in [1.54, 1.807) is 0 Å². The van der Waals surface area contributed by atoms with Crippen molar-refractivity contribution in [2.75, 3.05) is 26.8 Å². The number of ether oxygens (including phenoxy) is 3. The number of methoxy groups -OCH3 is 1. The number of aryl methyl sites for hydroxylation is 2. The second-order valence-corrected chi connectivity index (χ2v) is 14.1. The van der Waals surface area contributed by atoms with Crippen molar-refractivity contribution >= 4 is 34.2 Å². The van der Waals surface area contributed by atoms with Gasteiger partial charge in [0.15, 0.2) is 17.7 Å². The zero-order chi connectivity index (χ0) is 33.6.